The number of carbonyl (C=O) groups excluding carboxylic acids is 2. The average Bonchev–Trinajstić information content (AvgIpc) is 3.47. The van der Waals surface area contributed by atoms with E-state index in [1.165, 1.54) is 15.9 Å². The van der Waals surface area contributed by atoms with Crippen LogP contribution in [0.4, 0.5) is 0 Å². The van der Waals surface area contributed by atoms with Crippen LogP contribution in [0.25, 0.3) is 0 Å². The van der Waals surface area contributed by atoms with Crippen molar-refractivity contribution in [3.63, 3.8) is 0 Å². The topological polar surface area (TPSA) is 52.6 Å². The molecular weight excluding hydrogens is 1030 g/mol. The fourth-order valence-corrected chi connectivity index (χ4v) is 25.6. The molecule has 0 aromatic heterocycles. The second-order valence-electron chi connectivity index (χ2n) is 19.9. The Kier molecular flexibility index (Phi) is 15.1. The van der Waals surface area contributed by atoms with E-state index in [0.717, 1.165) is 37.4 Å². The monoisotopic (exact) mass is 1090 g/mol. The van der Waals surface area contributed by atoms with Crippen LogP contribution in [0.15, 0.2) is 285 Å². The first kappa shape index (κ1) is 52.3. The molecule has 1 fully saturated rings. The van der Waals surface area contributed by atoms with Crippen molar-refractivity contribution in [2.45, 2.75) is 19.3 Å². The zero-order valence-electron chi connectivity index (χ0n) is 42.3. The molecular formula is C66H64BrO4P3. The average molecular weight is 1090 g/mol. The molecule has 0 unspecified atom stereocenters. The third-order valence-corrected chi connectivity index (χ3v) is 34.2. The van der Waals surface area contributed by atoms with Crippen molar-refractivity contribution in [1.82, 2.24) is 0 Å². The summed E-state index contributed by atoms with van der Waals surface area (Å²) in [6.45, 7) is 3.05. The second kappa shape index (κ2) is 21.3. The van der Waals surface area contributed by atoms with Gasteiger partial charge in [0, 0.05) is 0 Å². The summed E-state index contributed by atoms with van der Waals surface area (Å²) in [5, 5.41) is 7.05. The van der Waals surface area contributed by atoms with Crippen LogP contribution in [0.1, 0.15) is 19.3 Å². The van der Waals surface area contributed by atoms with E-state index in [4.69, 9.17) is 9.05 Å². The molecule has 74 heavy (non-hydrogen) atoms. The van der Waals surface area contributed by atoms with Gasteiger partial charge in [-0.15, -0.1) is 0 Å². The van der Waals surface area contributed by atoms with Gasteiger partial charge in [-0.25, -0.2) is 0 Å². The van der Waals surface area contributed by atoms with Crippen LogP contribution in [0, 0.1) is 11.8 Å². The van der Waals surface area contributed by atoms with Crippen molar-refractivity contribution in [3.8, 4) is 0 Å². The quantitative estimate of drug-likeness (QED) is 0.0853. The molecule has 0 amide bonds. The number of hydrogen-bond donors (Lipinski definition) is 0. The van der Waals surface area contributed by atoms with Crippen molar-refractivity contribution in [1.29, 1.82) is 0 Å². The molecule has 10 rings (SSSR count). The molecule has 0 radical (unpaired) electrons. The summed E-state index contributed by atoms with van der Waals surface area (Å²) in [5.74, 6) is -2.36. The van der Waals surface area contributed by atoms with E-state index in [9.17, 15) is 0 Å². The minimum absolute atomic E-state index is 0.338. The zero-order chi connectivity index (χ0) is 51.8. The summed E-state index contributed by atoms with van der Waals surface area (Å²) >= 11 is 4.24. The van der Waals surface area contributed by atoms with E-state index in [-0.39, 0.29) is 0 Å². The Hall–Kier alpha value is -6.57. The first-order valence-electron chi connectivity index (χ1n) is 25.2. The molecule has 9 aromatic rings. The van der Waals surface area contributed by atoms with E-state index >= 15 is 9.59 Å². The molecule has 0 aliphatic heterocycles. The predicted octanol–water partition coefficient (Wildman–Crippen LogP) is 12.7. The molecule has 9 aromatic carbocycles. The summed E-state index contributed by atoms with van der Waals surface area (Å²) in [4.78, 5) is 30.4. The Labute approximate surface area is 446 Å². The van der Waals surface area contributed by atoms with Gasteiger partial charge in [0.15, 0.2) is 0 Å². The molecule has 1 saturated carbocycles. The van der Waals surface area contributed by atoms with E-state index in [1.54, 1.807) is 0 Å². The van der Waals surface area contributed by atoms with Gasteiger partial charge in [0.1, 0.15) is 0 Å². The first-order chi connectivity index (χ1) is 35.8. The van der Waals surface area contributed by atoms with Crippen LogP contribution in [-0.2, 0) is 18.6 Å². The van der Waals surface area contributed by atoms with Crippen LogP contribution in [0.3, 0.4) is 0 Å². The van der Waals surface area contributed by atoms with Gasteiger partial charge < -0.3 is 0 Å². The Morgan fingerprint density at radius 1 is 0.365 bits per heavy atom. The second-order valence-corrected chi connectivity index (χ2v) is 38.9. The Morgan fingerprint density at radius 3 is 0.797 bits per heavy atom. The normalized spacial score (nSPS) is 16.4. The van der Waals surface area contributed by atoms with Gasteiger partial charge in [0.25, 0.3) is 0 Å². The van der Waals surface area contributed by atoms with Gasteiger partial charge >= 0.3 is 449 Å². The maximum atomic E-state index is 15.2. The number of benzene rings is 9. The van der Waals surface area contributed by atoms with Gasteiger partial charge in [-0.05, 0) is 0 Å². The molecule has 8 heteroatoms. The van der Waals surface area contributed by atoms with E-state index in [1.807, 2.05) is 109 Å². The Balaban J connectivity index is 0.000000266. The van der Waals surface area contributed by atoms with Crippen molar-refractivity contribution in [2.75, 3.05) is 20.0 Å². The summed E-state index contributed by atoms with van der Waals surface area (Å²) in [6.07, 6.45) is 1.39. The SMILES string of the molecule is C=C1CC[C@@H](C(=O)OP(C)(c2ccccc2)(c2ccccc2)c2ccccc2)[C@H](C(=O)OP(C)(c2ccccc2)(c2ccccc2)c2ccccc2)C1.CP(Br)(c1ccccc1)(c1ccccc1)c1ccccc1. The van der Waals surface area contributed by atoms with Crippen molar-refractivity contribution >= 4 is 94.1 Å². The molecule has 4 nitrogen and oxygen atoms in total. The standard InChI is InChI=1S/C47H46O4P2.C19H18BrP/c1-37-34-35-44(46(48)50-52(2,38-22-10-4-11-23-38,39-24-12-5-13-25-39)40-26-14-6-15-27-40)45(36-37)47(49)51-53(3,41-28-16-7-17-29-41,42-30-18-8-19-31-42)43-32-20-9-21-33-43;1-21(20,17-11-5-2-6-12-17,18-13-7-3-8-14-18)19-15-9-4-10-16-19/h4-33,44-45H,1,34-36H2,2-3H3;2-16H,1H3/t44-,45-;/m1./s1. The maximum absolute atomic E-state index is 15.2. The molecule has 1 aliphatic rings. The number of halogens is 1. The van der Waals surface area contributed by atoms with Gasteiger partial charge in [0.05, 0.1) is 0 Å². The van der Waals surface area contributed by atoms with Gasteiger partial charge in [-0.3, -0.25) is 0 Å². The van der Waals surface area contributed by atoms with Crippen LogP contribution in [0.5, 0.6) is 0 Å². The molecule has 2 atom stereocenters. The Bertz CT molecular complexity index is 3030. The van der Waals surface area contributed by atoms with E-state index < -0.39 is 42.7 Å². The number of hydrogen-bond acceptors (Lipinski definition) is 4. The summed E-state index contributed by atoms with van der Waals surface area (Å²) in [5.41, 5.74) is 0.926. The van der Waals surface area contributed by atoms with Gasteiger partial charge in [0.2, 0.25) is 0 Å². The van der Waals surface area contributed by atoms with Crippen molar-refractivity contribution < 1.29 is 18.6 Å². The molecule has 0 N–H and O–H groups in total. The van der Waals surface area contributed by atoms with Crippen LogP contribution < -0.4 is 47.7 Å². The molecule has 374 valence electrons. The van der Waals surface area contributed by atoms with E-state index in [2.05, 4.69) is 206 Å². The molecule has 0 spiro atoms. The summed E-state index contributed by atoms with van der Waals surface area (Å²) < 4.78 is 14.4. The summed E-state index contributed by atoms with van der Waals surface area (Å²) in [7, 11) is 0. The van der Waals surface area contributed by atoms with Crippen molar-refractivity contribution in [2.24, 2.45) is 11.8 Å². The van der Waals surface area contributed by atoms with Crippen molar-refractivity contribution in [3.05, 3.63) is 285 Å². The zero-order valence-corrected chi connectivity index (χ0v) is 46.6. The van der Waals surface area contributed by atoms with Gasteiger partial charge in [-0.2, -0.15) is 0 Å². The molecule has 0 bridgehead atoms. The Morgan fingerprint density at radius 2 is 0.568 bits per heavy atom. The fourth-order valence-electron chi connectivity index (χ4n) is 11.0. The number of carbonyl (C=O) groups is 2. The predicted molar refractivity (Wildman–Crippen MR) is 324 cm³/mol. The fraction of sp³-hybridized carbons (Fsp3) is 0.121. The van der Waals surface area contributed by atoms with E-state index in [0.29, 0.717) is 19.3 Å². The number of rotatable bonds is 13. The van der Waals surface area contributed by atoms with Crippen LogP contribution >= 0.6 is 34.5 Å². The van der Waals surface area contributed by atoms with Gasteiger partial charge in [-0.1, -0.05) is 0 Å². The third-order valence-electron chi connectivity index (χ3n) is 15.4. The number of allylic oxidation sites excluding steroid dienone is 1. The minimum atomic E-state index is -3.93. The molecule has 0 saturated heterocycles. The van der Waals surface area contributed by atoms with Crippen LogP contribution in [-0.4, -0.2) is 31.9 Å². The summed E-state index contributed by atoms with van der Waals surface area (Å²) in [6, 6.07) is 92.7. The van der Waals surface area contributed by atoms with Crippen LogP contribution in [0.2, 0.25) is 0 Å². The third kappa shape index (κ3) is 9.35. The molecule has 1 aliphatic carbocycles. The first-order valence-corrected chi connectivity index (χ1v) is 35.1. The molecule has 0 heterocycles.